The van der Waals surface area contributed by atoms with Crippen molar-refractivity contribution in [2.24, 2.45) is 0 Å². The van der Waals surface area contributed by atoms with E-state index in [2.05, 4.69) is 0 Å². The molecule has 0 aromatic heterocycles. The molecule has 2 N–H and O–H groups in total. The van der Waals surface area contributed by atoms with E-state index in [-0.39, 0.29) is 6.61 Å². The quantitative estimate of drug-likeness (QED) is 0.698. The van der Waals surface area contributed by atoms with Crippen LogP contribution in [0, 0.1) is 11.3 Å². The van der Waals surface area contributed by atoms with Gasteiger partial charge in [-0.25, -0.2) is 0 Å². The zero-order chi connectivity index (χ0) is 11.7. The molecule has 0 atom stereocenters. The predicted octanol–water partition coefficient (Wildman–Crippen LogP) is 0.295. The summed E-state index contributed by atoms with van der Waals surface area (Å²) in [6.07, 6.45) is 0. The normalized spacial score (nSPS) is 8.20. The number of benzene rings is 1. The lowest BCUT2D eigenvalue weighted by atomic mass is 9.80. The Bertz CT molecular complexity index is 305. The summed E-state index contributed by atoms with van der Waals surface area (Å²) in [7, 11) is -1.47. The maximum absolute atomic E-state index is 8.75. The third kappa shape index (κ3) is 5.06. The zero-order valence-electron chi connectivity index (χ0n) is 8.84. The molecule has 0 radical (unpaired) electrons. The van der Waals surface area contributed by atoms with Crippen molar-refractivity contribution in [3.63, 3.8) is 0 Å². The highest BCUT2D eigenvalue weighted by molar-refractivity contribution is 6.58. The second-order valence-electron chi connectivity index (χ2n) is 2.39. The first-order valence-corrected chi connectivity index (χ1v) is 4.70. The molecule has 1 rings (SSSR count). The summed E-state index contributed by atoms with van der Waals surface area (Å²) in [4.78, 5) is 0. The summed E-state index contributed by atoms with van der Waals surface area (Å²) in [6, 6.07) is 8.03. The minimum absolute atomic E-state index is 0.0129. The minimum atomic E-state index is -1.47. The average molecular weight is 207 g/mol. The highest BCUT2D eigenvalue weighted by atomic mass is 16.5. The van der Waals surface area contributed by atoms with E-state index < -0.39 is 7.12 Å². The summed E-state index contributed by atoms with van der Waals surface area (Å²) >= 11 is 0. The Labute approximate surface area is 89.9 Å². The minimum Gasteiger partial charge on any atom is -0.479 e. The molecule has 0 saturated carbocycles. The van der Waals surface area contributed by atoms with Crippen LogP contribution >= 0.6 is 0 Å². The fourth-order valence-corrected chi connectivity index (χ4v) is 0.852. The van der Waals surface area contributed by atoms with Gasteiger partial charge in [0.2, 0.25) is 0 Å². The molecular weight excluding hydrogens is 193 g/mol. The van der Waals surface area contributed by atoms with Crippen LogP contribution in [0.5, 0.6) is 5.75 Å². The Hall–Kier alpha value is -1.51. The molecule has 1 aromatic rings. The molecule has 0 heterocycles. The summed E-state index contributed by atoms with van der Waals surface area (Å²) in [5, 5.41) is 25.7. The first-order chi connectivity index (χ1) is 7.24. The van der Waals surface area contributed by atoms with Gasteiger partial charge in [-0.15, -0.1) is 0 Å². The van der Waals surface area contributed by atoms with Crippen LogP contribution in [-0.4, -0.2) is 23.8 Å². The van der Waals surface area contributed by atoms with E-state index in [1.54, 1.807) is 12.1 Å². The fraction of sp³-hybridized carbons (Fsp3) is 0.300. The van der Waals surface area contributed by atoms with Gasteiger partial charge in [0.15, 0.2) is 6.61 Å². The van der Waals surface area contributed by atoms with E-state index >= 15 is 0 Å². The van der Waals surface area contributed by atoms with Crippen molar-refractivity contribution in [3.05, 3.63) is 24.3 Å². The van der Waals surface area contributed by atoms with E-state index in [0.717, 1.165) is 0 Å². The molecule has 0 aliphatic heterocycles. The average Bonchev–Trinajstić information content (AvgIpc) is 2.29. The van der Waals surface area contributed by atoms with Gasteiger partial charge in [0.05, 0.1) is 0 Å². The Kier molecular flexibility index (Phi) is 7.07. The summed E-state index contributed by atoms with van der Waals surface area (Å²) < 4.78 is 4.97. The van der Waals surface area contributed by atoms with Crippen molar-refractivity contribution in [1.29, 1.82) is 5.26 Å². The number of hydrogen-bond donors (Lipinski definition) is 2. The molecule has 15 heavy (non-hydrogen) atoms. The van der Waals surface area contributed by atoms with Gasteiger partial charge >= 0.3 is 7.12 Å². The van der Waals surface area contributed by atoms with Crippen molar-refractivity contribution in [2.45, 2.75) is 13.8 Å². The van der Waals surface area contributed by atoms with Gasteiger partial charge in [-0.05, 0) is 17.6 Å². The second-order valence-corrected chi connectivity index (χ2v) is 2.39. The van der Waals surface area contributed by atoms with Gasteiger partial charge in [-0.3, -0.25) is 0 Å². The van der Waals surface area contributed by atoms with E-state index in [4.69, 9.17) is 20.0 Å². The van der Waals surface area contributed by atoms with Crippen molar-refractivity contribution in [1.82, 2.24) is 0 Å². The van der Waals surface area contributed by atoms with Gasteiger partial charge in [0.25, 0.3) is 0 Å². The van der Waals surface area contributed by atoms with Crippen LogP contribution in [0.15, 0.2) is 24.3 Å². The zero-order valence-corrected chi connectivity index (χ0v) is 8.84. The van der Waals surface area contributed by atoms with Crippen molar-refractivity contribution in [2.75, 3.05) is 6.61 Å². The molecule has 0 aliphatic carbocycles. The molecule has 1 aromatic carbocycles. The third-order valence-corrected chi connectivity index (χ3v) is 1.48. The molecule has 0 unspecified atom stereocenters. The number of ether oxygens (including phenoxy) is 1. The lowest BCUT2D eigenvalue weighted by Crippen LogP contribution is -2.29. The van der Waals surface area contributed by atoms with Crippen LogP contribution in [0.2, 0.25) is 0 Å². The van der Waals surface area contributed by atoms with Gasteiger partial charge in [0, 0.05) is 0 Å². The Morgan fingerprint density at radius 3 is 2.20 bits per heavy atom. The standard InChI is InChI=1S/C8H8BNO3.C2H6/c10-5-6-13-8-3-1-7(2-4-8)9(11)12;1-2/h1-4,11-12H,6H2;1-2H3. The van der Waals surface area contributed by atoms with Gasteiger partial charge in [-0.2, -0.15) is 5.26 Å². The van der Waals surface area contributed by atoms with Crippen LogP contribution < -0.4 is 10.2 Å². The molecular formula is C10H14BNO3. The number of nitrogens with zero attached hydrogens (tertiary/aromatic N) is 1. The van der Waals surface area contributed by atoms with E-state index in [1.807, 2.05) is 19.9 Å². The first-order valence-electron chi connectivity index (χ1n) is 4.70. The number of rotatable bonds is 3. The molecule has 4 nitrogen and oxygen atoms in total. The van der Waals surface area contributed by atoms with Crippen LogP contribution in [0.1, 0.15) is 13.8 Å². The highest BCUT2D eigenvalue weighted by Gasteiger charge is 2.09. The van der Waals surface area contributed by atoms with Crippen molar-refractivity contribution >= 4 is 12.6 Å². The van der Waals surface area contributed by atoms with E-state index in [9.17, 15) is 0 Å². The Morgan fingerprint density at radius 1 is 1.27 bits per heavy atom. The maximum atomic E-state index is 8.75. The molecule has 0 spiro atoms. The molecule has 5 heteroatoms. The number of nitriles is 1. The highest BCUT2D eigenvalue weighted by Crippen LogP contribution is 2.06. The van der Waals surface area contributed by atoms with Crippen LogP contribution in [-0.2, 0) is 0 Å². The SMILES string of the molecule is CC.N#CCOc1ccc(B(O)O)cc1. The summed E-state index contributed by atoms with van der Waals surface area (Å²) in [5.41, 5.74) is 0.393. The van der Waals surface area contributed by atoms with Gasteiger partial charge in [0.1, 0.15) is 11.8 Å². The summed E-state index contributed by atoms with van der Waals surface area (Å²) in [5.74, 6) is 0.533. The largest absolute Gasteiger partial charge is 0.488 e. The van der Waals surface area contributed by atoms with Crippen LogP contribution in [0.4, 0.5) is 0 Å². The van der Waals surface area contributed by atoms with Gasteiger partial charge in [-0.1, -0.05) is 26.0 Å². The van der Waals surface area contributed by atoms with Crippen molar-refractivity contribution in [3.8, 4) is 11.8 Å². The Balaban J connectivity index is 0.000000921. The van der Waals surface area contributed by atoms with E-state index in [0.29, 0.717) is 11.2 Å². The molecule has 80 valence electrons. The maximum Gasteiger partial charge on any atom is 0.488 e. The molecule has 0 fully saturated rings. The first kappa shape index (κ1) is 13.5. The van der Waals surface area contributed by atoms with Crippen molar-refractivity contribution < 1.29 is 14.8 Å². The van der Waals surface area contributed by atoms with Crippen LogP contribution in [0.3, 0.4) is 0 Å². The lowest BCUT2D eigenvalue weighted by molar-refractivity contribution is 0.368. The molecule has 0 aliphatic rings. The summed E-state index contributed by atoms with van der Waals surface area (Å²) in [6.45, 7) is 3.99. The lowest BCUT2D eigenvalue weighted by Gasteiger charge is -2.02. The third-order valence-electron chi connectivity index (χ3n) is 1.48. The second kappa shape index (κ2) is 7.86. The predicted molar refractivity (Wildman–Crippen MR) is 58.7 cm³/mol. The van der Waals surface area contributed by atoms with Gasteiger partial charge < -0.3 is 14.8 Å². The molecule has 0 amide bonds. The number of hydrogen-bond acceptors (Lipinski definition) is 4. The van der Waals surface area contributed by atoms with E-state index in [1.165, 1.54) is 12.1 Å². The molecule has 0 bridgehead atoms. The topological polar surface area (TPSA) is 73.5 Å². The fourth-order valence-electron chi connectivity index (χ4n) is 0.852. The Morgan fingerprint density at radius 2 is 1.80 bits per heavy atom. The van der Waals surface area contributed by atoms with Crippen LogP contribution in [0.25, 0.3) is 0 Å². The smallest absolute Gasteiger partial charge is 0.479 e. The molecule has 0 saturated heterocycles. The monoisotopic (exact) mass is 207 g/mol.